The maximum atomic E-state index is 9.91. The van der Waals surface area contributed by atoms with E-state index in [2.05, 4.69) is 41.4 Å². The van der Waals surface area contributed by atoms with Crippen molar-refractivity contribution in [1.29, 1.82) is 0 Å². The van der Waals surface area contributed by atoms with Crippen LogP contribution in [-0.4, -0.2) is 29.3 Å². The second kappa shape index (κ2) is 8.46. The number of nitrogens with zero attached hydrogens (tertiary/aromatic N) is 1. The number of aromatic nitrogens is 1. The van der Waals surface area contributed by atoms with Gasteiger partial charge in [0.1, 0.15) is 0 Å². The Kier molecular flexibility index (Phi) is 6.30. The van der Waals surface area contributed by atoms with Crippen molar-refractivity contribution in [3.05, 3.63) is 41.9 Å². The normalized spacial score (nSPS) is 10.4. The number of carbonyl (C=O) groups is 1. The third-order valence-electron chi connectivity index (χ3n) is 3.11. The maximum absolute atomic E-state index is 9.91. The fourth-order valence-electron chi connectivity index (χ4n) is 2.07. The van der Waals surface area contributed by atoms with E-state index < -0.39 is 5.97 Å². The Balaban J connectivity index is 0.000000175. The molecule has 2 aromatic carbocycles. The molecule has 0 saturated carbocycles. The third kappa shape index (κ3) is 4.51. The lowest BCUT2D eigenvalue weighted by molar-refractivity contribution is -0.137. The van der Waals surface area contributed by atoms with Crippen LogP contribution in [0.25, 0.3) is 21.0 Å². The first-order valence-corrected chi connectivity index (χ1v) is 8.11. The van der Waals surface area contributed by atoms with Crippen LogP contribution in [0.15, 0.2) is 41.9 Å². The molecule has 3 rings (SSSR count). The van der Waals surface area contributed by atoms with Crippen molar-refractivity contribution in [3.63, 3.8) is 0 Å². The number of aliphatic carboxylic acids is 1. The number of carboxylic acids is 1. The van der Waals surface area contributed by atoms with Gasteiger partial charge in [-0.05, 0) is 24.8 Å². The summed E-state index contributed by atoms with van der Waals surface area (Å²) in [6.45, 7) is 3.11. The number of fused-ring (bicyclic) bond motifs is 3. The Morgan fingerprint density at radius 3 is 2.86 bits per heavy atom. The van der Waals surface area contributed by atoms with Crippen molar-refractivity contribution in [2.24, 2.45) is 0 Å². The van der Waals surface area contributed by atoms with E-state index in [4.69, 9.17) is 9.84 Å². The quantitative estimate of drug-likeness (QED) is 0.711. The van der Waals surface area contributed by atoms with E-state index in [1.165, 1.54) is 15.5 Å². The molecule has 0 amide bonds. The molecular weight excluding hydrogens is 298 g/mol. The van der Waals surface area contributed by atoms with E-state index in [1.54, 1.807) is 11.3 Å². The Bertz CT molecular complexity index is 739. The molecule has 1 aromatic heterocycles. The highest BCUT2D eigenvalue weighted by Gasteiger charge is 2.00. The van der Waals surface area contributed by atoms with Gasteiger partial charge in [0.05, 0.1) is 15.7 Å². The minimum Gasteiger partial charge on any atom is -0.481 e. The molecule has 0 radical (unpaired) electrons. The van der Waals surface area contributed by atoms with E-state index in [0.717, 1.165) is 5.52 Å². The van der Waals surface area contributed by atoms with Crippen LogP contribution in [0.2, 0.25) is 0 Å². The fraction of sp³-hybridized carbons (Fsp3) is 0.294. The minimum atomic E-state index is -0.755. The van der Waals surface area contributed by atoms with Crippen LogP contribution in [-0.2, 0) is 9.53 Å². The van der Waals surface area contributed by atoms with Gasteiger partial charge in [0.2, 0.25) is 0 Å². The van der Waals surface area contributed by atoms with Gasteiger partial charge in [-0.2, -0.15) is 0 Å². The molecule has 0 bridgehead atoms. The van der Waals surface area contributed by atoms with Crippen LogP contribution >= 0.6 is 11.3 Å². The molecule has 1 N–H and O–H groups in total. The number of rotatable bonds is 5. The van der Waals surface area contributed by atoms with Crippen molar-refractivity contribution >= 4 is 38.3 Å². The molecule has 0 aliphatic rings. The molecule has 0 aliphatic carbocycles. The Morgan fingerprint density at radius 1 is 1.27 bits per heavy atom. The van der Waals surface area contributed by atoms with E-state index in [1.807, 2.05) is 12.4 Å². The highest BCUT2D eigenvalue weighted by molar-refractivity contribution is 7.16. The predicted molar refractivity (Wildman–Crippen MR) is 90.5 cm³/mol. The van der Waals surface area contributed by atoms with Crippen molar-refractivity contribution in [2.75, 3.05) is 13.2 Å². The number of carboxylic acid groups (broad SMARTS) is 1. The SMILES string of the molecule is CCOCCCC(=O)O.c1ccc2c(c1)ccc1scnc12. The lowest BCUT2D eigenvalue weighted by Crippen LogP contribution is -1.99. The molecule has 0 fully saturated rings. The van der Waals surface area contributed by atoms with E-state index >= 15 is 0 Å². The molecule has 0 unspecified atom stereocenters. The monoisotopic (exact) mass is 317 g/mol. The molecule has 0 aliphatic heterocycles. The minimum absolute atomic E-state index is 0.208. The summed E-state index contributed by atoms with van der Waals surface area (Å²) in [5.74, 6) is -0.755. The van der Waals surface area contributed by atoms with Gasteiger partial charge in [0, 0.05) is 25.0 Å². The lowest BCUT2D eigenvalue weighted by Gasteiger charge is -1.96. The number of hydrogen-bond acceptors (Lipinski definition) is 4. The van der Waals surface area contributed by atoms with Gasteiger partial charge >= 0.3 is 5.97 Å². The number of thiazole rings is 1. The summed E-state index contributed by atoms with van der Waals surface area (Å²) in [6, 6.07) is 12.6. The van der Waals surface area contributed by atoms with E-state index in [-0.39, 0.29) is 6.42 Å². The van der Waals surface area contributed by atoms with Gasteiger partial charge in [-0.15, -0.1) is 11.3 Å². The summed E-state index contributed by atoms with van der Waals surface area (Å²) in [4.78, 5) is 14.3. The fourth-order valence-corrected chi connectivity index (χ4v) is 2.76. The number of benzene rings is 2. The Morgan fingerprint density at radius 2 is 2.09 bits per heavy atom. The molecule has 0 spiro atoms. The van der Waals surface area contributed by atoms with Crippen LogP contribution in [0.1, 0.15) is 19.8 Å². The standard InChI is InChI=1S/C11H7NS.C6H12O3/c1-2-4-9-8(3-1)5-6-10-11(9)12-7-13-10;1-2-9-5-3-4-6(7)8/h1-7H;2-5H2,1H3,(H,7,8). The second-order valence-electron chi connectivity index (χ2n) is 4.68. The molecule has 3 aromatic rings. The van der Waals surface area contributed by atoms with Crippen LogP contribution in [0.4, 0.5) is 0 Å². The molecule has 5 heteroatoms. The highest BCUT2D eigenvalue weighted by Crippen LogP contribution is 2.26. The summed E-state index contributed by atoms with van der Waals surface area (Å²) >= 11 is 1.69. The zero-order valence-electron chi connectivity index (χ0n) is 12.5. The molecule has 4 nitrogen and oxygen atoms in total. The van der Waals surface area contributed by atoms with Crippen LogP contribution in [0.5, 0.6) is 0 Å². The van der Waals surface area contributed by atoms with E-state index in [9.17, 15) is 4.79 Å². The number of ether oxygens (including phenoxy) is 1. The molecule has 0 atom stereocenters. The highest BCUT2D eigenvalue weighted by atomic mass is 32.1. The average Bonchev–Trinajstić information content (AvgIpc) is 3.01. The maximum Gasteiger partial charge on any atom is 0.303 e. The summed E-state index contributed by atoms with van der Waals surface area (Å²) in [5.41, 5.74) is 3.03. The lowest BCUT2D eigenvalue weighted by atomic mass is 10.1. The third-order valence-corrected chi connectivity index (χ3v) is 3.90. The van der Waals surface area contributed by atoms with Gasteiger partial charge in [0.15, 0.2) is 0 Å². The van der Waals surface area contributed by atoms with Gasteiger partial charge in [-0.3, -0.25) is 4.79 Å². The van der Waals surface area contributed by atoms with Gasteiger partial charge in [0.25, 0.3) is 0 Å². The molecule has 0 saturated heterocycles. The zero-order valence-corrected chi connectivity index (χ0v) is 13.3. The number of hydrogen-bond donors (Lipinski definition) is 1. The van der Waals surface area contributed by atoms with Gasteiger partial charge in [-0.1, -0.05) is 30.3 Å². The zero-order chi connectivity index (χ0) is 15.8. The largest absolute Gasteiger partial charge is 0.481 e. The van der Waals surface area contributed by atoms with Crippen molar-refractivity contribution < 1.29 is 14.6 Å². The smallest absolute Gasteiger partial charge is 0.303 e. The first kappa shape index (κ1) is 16.4. The van der Waals surface area contributed by atoms with Crippen molar-refractivity contribution in [2.45, 2.75) is 19.8 Å². The predicted octanol–water partition coefficient (Wildman–Crippen LogP) is 4.34. The Hall–Kier alpha value is -1.98. The average molecular weight is 317 g/mol. The molecule has 116 valence electrons. The summed E-state index contributed by atoms with van der Waals surface area (Å²) in [5, 5.41) is 10.7. The first-order chi connectivity index (χ1) is 10.7. The van der Waals surface area contributed by atoms with Crippen LogP contribution in [0, 0.1) is 0 Å². The summed E-state index contributed by atoms with van der Waals surface area (Å²) in [6.07, 6.45) is 0.823. The van der Waals surface area contributed by atoms with Crippen LogP contribution in [0.3, 0.4) is 0 Å². The molecule has 1 heterocycles. The second-order valence-corrected chi connectivity index (χ2v) is 5.57. The first-order valence-electron chi connectivity index (χ1n) is 7.23. The molecule has 22 heavy (non-hydrogen) atoms. The summed E-state index contributed by atoms with van der Waals surface area (Å²) in [7, 11) is 0. The Labute approximate surface area is 133 Å². The topological polar surface area (TPSA) is 59.4 Å². The summed E-state index contributed by atoms with van der Waals surface area (Å²) < 4.78 is 6.18. The van der Waals surface area contributed by atoms with Gasteiger partial charge < -0.3 is 9.84 Å². The van der Waals surface area contributed by atoms with Crippen molar-refractivity contribution in [3.8, 4) is 0 Å². The van der Waals surface area contributed by atoms with Crippen LogP contribution < -0.4 is 0 Å². The van der Waals surface area contributed by atoms with E-state index in [0.29, 0.717) is 19.6 Å². The molecular formula is C17H19NO3S. The van der Waals surface area contributed by atoms with Gasteiger partial charge in [-0.25, -0.2) is 4.98 Å². The van der Waals surface area contributed by atoms with Crippen molar-refractivity contribution in [1.82, 2.24) is 4.98 Å².